The Kier molecular flexibility index (Phi) is 4.85. The van der Waals surface area contributed by atoms with Gasteiger partial charge in [-0.1, -0.05) is 6.07 Å². The first-order valence-electron chi connectivity index (χ1n) is 10.4. The number of nitrogens with zero attached hydrogens (tertiary/aromatic N) is 5. The molecule has 0 amide bonds. The molecule has 1 atom stereocenters. The Hall–Kier alpha value is -2.64. The van der Waals surface area contributed by atoms with Crippen molar-refractivity contribution >= 4 is 11.5 Å². The summed E-state index contributed by atoms with van der Waals surface area (Å²) < 4.78 is 7.99. The standard InChI is InChI=1S/C22H28N6O/c1-26(18-9-13-29-19-4-3-10-24-22(18)19)14-17-15-28-20(25-17)5-2-6-21(28)27-11-7-16(23)8-12-27/h2-6,10,15-16,18H,7-9,11-14,23H2,1H3. The van der Waals surface area contributed by atoms with Crippen LogP contribution in [0.2, 0.25) is 0 Å². The van der Waals surface area contributed by atoms with E-state index in [1.54, 1.807) is 0 Å². The summed E-state index contributed by atoms with van der Waals surface area (Å²) in [5.74, 6) is 2.10. The molecule has 0 bridgehead atoms. The summed E-state index contributed by atoms with van der Waals surface area (Å²) >= 11 is 0. The maximum absolute atomic E-state index is 6.09. The van der Waals surface area contributed by atoms with Crippen molar-refractivity contribution in [3.8, 4) is 5.75 Å². The highest BCUT2D eigenvalue weighted by atomic mass is 16.5. The number of fused-ring (bicyclic) bond motifs is 2. The van der Waals surface area contributed by atoms with E-state index in [4.69, 9.17) is 15.5 Å². The number of hydrogen-bond acceptors (Lipinski definition) is 6. The Bertz CT molecular complexity index is 994. The molecule has 2 aliphatic rings. The van der Waals surface area contributed by atoms with Gasteiger partial charge in [0.2, 0.25) is 0 Å². The van der Waals surface area contributed by atoms with Gasteiger partial charge in [0.05, 0.1) is 24.0 Å². The summed E-state index contributed by atoms with van der Waals surface area (Å²) in [6.45, 7) is 3.49. The summed E-state index contributed by atoms with van der Waals surface area (Å²) in [4.78, 5) is 14.2. The first-order chi connectivity index (χ1) is 14.2. The van der Waals surface area contributed by atoms with Gasteiger partial charge in [-0.2, -0.15) is 0 Å². The van der Waals surface area contributed by atoms with Crippen LogP contribution in [0.25, 0.3) is 5.65 Å². The Labute approximate surface area is 171 Å². The van der Waals surface area contributed by atoms with Gasteiger partial charge in [-0.3, -0.25) is 14.3 Å². The number of aromatic nitrogens is 3. The van der Waals surface area contributed by atoms with E-state index in [1.807, 2.05) is 18.3 Å². The van der Waals surface area contributed by atoms with Gasteiger partial charge in [0.25, 0.3) is 0 Å². The van der Waals surface area contributed by atoms with E-state index in [9.17, 15) is 0 Å². The Balaban J connectivity index is 1.38. The van der Waals surface area contributed by atoms with Crippen LogP contribution in [-0.4, -0.2) is 52.1 Å². The lowest BCUT2D eigenvalue weighted by Gasteiger charge is -2.32. The first kappa shape index (κ1) is 18.4. The third kappa shape index (κ3) is 3.56. The number of nitrogens with two attached hydrogens (primary N) is 1. The fourth-order valence-electron chi connectivity index (χ4n) is 4.50. The first-order valence-corrected chi connectivity index (χ1v) is 10.4. The lowest BCUT2D eigenvalue weighted by molar-refractivity contribution is 0.155. The predicted octanol–water partition coefficient (Wildman–Crippen LogP) is 2.61. The summed E-state index contributed by atoms with van der Waals surface area (Å²) in [6.07, 6.45) is 7.03. The molecule has 7 heteroatoms. The second-order valence-corrected chi connectivity index (χ2v) is 8.12. The van der Waals surface area contributed by atoms with Crippen LogP contribution in [0.4, 0.5) is 5.82 Å². The van der Waals surface area contributed by atoms with Crippen molar-refractivity contribution in [1.29, 1.82) is 0 Å². The number of rotatable bonds is 4. The van der Waals surface area contributed by atoms with Crippen molar-refractivity contribution in [3.63, 3.8) is 0 Å². The van der Waals surface area contributed by atoms with E-state index in [0.29, 0.717) is 6.04 Å². The van der Waals surface area contributed by atoms with Crippen molar-refractivity contribution in [2.45, 2.75) is 37.9 Å². The van der Waals surface area contributed by atoms with Crippen LogP contribution in [0.15, 0.2) is 42.7 Å². The molecule has 2 N–H and O–H groups in total. The van der Waals surface area contributed by atoms with Gasteiger partial charge in [0.15, 0.2) is 0 Å². The molecule has 3 aromatic rings. The SMILES string of the molecule is CN(Cc1cn2c(N3CCC(N)CC3)cccc2n1)C1CCOc2cccnc21. The summed E-state index contributed by atoms with van der Waals surface area (Å²) in [7, 11) is 2.14. The highest BCUT2D eigenvalue weighted by Gasteiger charge is 2.27. The normalized spacial score (nSPS) is 20.1. The van der Waals surface area contributed by atoms with Crippen LogP contribution in [0, 0.1) is 0 Å². The molecule has 152 valence electrons. The maximum Gasteiger partial charge on any atom is 0.142 e. The minimum atomic E-state index is 0.243. The highest BCUT2D eigenvalue weighted by Crippen LogP contribution is 2.34. The molecule has 5 rings (SSSR count). The van der Waals surface area contributed by atoms with Gasteiger partial charge in [0.1, 0.15) is 17.2 Å². The van der Waals surface area contributed by atoms with Crippen LogP contribution in [-0.2, 0) is 6.54 Å². The van der Waals surface area contributed by atoms with Crippen LogP contribution < -0.4 is 15.4 Å². The molecule has 0 aliphatic carbocycles. The molecule has 0 aromatic carbocycles. The number of hydrogen-bond donors (Lipinski definition) is 1. The zero-order valence-corrected chi connectivity index (χ0v) is 16.9. The highest BCUT2D eigenvalue weighted by molar-refractivity contribution is 5.52. The van der Waals surface area contributed by atoms with Gasteiger partial charge >= 0.3 is 0 Å². The molecule has 0 saturated carbocycles. The molecular formula is C22H28N6O. The third-order valence-corrected chi connectivity index (χ3v) is 6.09. The molecule has 7 nitrogen and oxygen atoms in total. The van der Waals surface area contributed by atoms with Crippen molar-refractivity contribution in [2.24, 2.45) is 5.73 Å². The van der Waals surface area contributed by atoms with E-state index < -0.39 is 0 Å². The van der Waals surface area contributed by atoms with Crippen molar-refractivity contribution in [2.75, 3.05) is 31.6 Å². The fourth-order valence-corrected chi connectivity index (χ4v) is 4.50. The van der Waals surface area contributed by atoms with Gasteiger partial charge < -0.3 is 15.4 Å². The Morgan fingerprint density at radius 3 is 2.90 bits per heavy atom. The number of ether oxygens (including phenoxy) is 1. The zero-order chi connectivity index (χ0) is 19.8. The van der Waals surface area contributed by atoms with Crippen LogP contribution in [0.3, 0.4) is 0 Å². The topological polar surface area (TPSA) is 71.9 Å². The summed E-state index contributed by atoms with van der Waals surface area (Å²) in [6, 6.07) is 10.9. The Morgan fingerprint density at radius 2 is 2.03 bits per heavy atom. The smallest absolute Gasteiger partial charge is 0.142 e. The maximum atomic E-state index is 6.09. The van der Waals surface area contributed by atoms with E-state index in [2.05, 4.69) is 50.6 Å². The van der Waals surface area contributed by atoms with Crippen molar-refractivity contribution in [1.82, 2.24) is 19.3 Å². The largest absolute Gasteiger partial charge is 0.492 e. The van der Waals surface area contributed by atoms with Crippen LogP contribution in [0.5, 0.6) is 5.75 Å². The van der Waals surface area contributed by atoms with E-state index in [0.717, 1.165) is 68.3 Å². The number of anilines is 1. The second kappa shape index (κ2) is 7.65. The van der Waals surface area contributed by atoms with Gasteiger partial charge in [0, 0.05) is 44.5 Å². The molecule has 1 fully saturated rings. The average Bonchev–Trinajstić information content (AvgIpc) is 3.16. The average molecular weight is 393 g/mol. The van der Waals surface area contributed by atoms with E-state index in [-0.39, 0.29) is 6.04 Å². The fraction of sp³-hybridized carbons (Fsp3) is 0.455. The third-order valence-electron chi connectivity index (χ3n) is 6.09. The number of pyridine rings is 2. The molecule has 3 aromatic heterocycles. The lowest BCUT2D eigenvalue weighted by atomic mass is 10.1. The Morgan fingerprint density at radius 1 is 1.17 bits per heavy atom. The van der Waals surface area contributed by atoms with Gasteiger partial charge in [-0.25, -0.2) is 4.98 Å². The molecule has 1 saturated heterocycles. The molecule has 0 radical (unpaired) electrons. The summed E-state index contributed by atoms with van der Waals surface area (Å²) in [5, 5.41) is 0. The van der Waals surface area contributed by atoms with Crippen LogP contribution in [0.1, 0.15) is 36.7 Å². The molecule has 1 unspecified atom stereocenters. The second-order valence-electron chi connectivity index (χ2n) is 8.12. The van der Waals surface area contributed by atoms with Crippen molar-refractivity contribution in [3.05, 3.63) is 54.1 Å². The number of piperidine rings is 1. The molecule has 5 heterocycles. The monoisotopic (exact) mass is 392 g/mol. The van der Waals surface area contributed by atoms with Gasteiger partial charge in [-0.15, -0.1) is 0 Å². The number of imidazole rings is 1. The quantitative estimate of drug-likeness (QED) is 0.736. The van der Waals surface area contributed by atoms with Gasteiger partial charge in [-0.05, 0) is 44.2 Å². The molecular weight excluding hydrogens is 364 g/mol. The minimum absolute atomic E-state index is 0.243. The van der Waals surface area contributed by atoms with E-state index in [1.165, 1.54) is 5.82 Å². The van der Waals surface area contributed by atoms with Crippen LogP contribution >= 0.6 is 0 Å². The molecule has 0 spiro atoms. The zero-order valence-electron chi connectivity index (χ0n) is 16.9. The predicted molar refractivity (Wildman–Crippen MR) is 113 cm³/mol. The van der Waals surface area contributed by atoms with Crippen molar-refractivity contribution < 1.29 is 4.74 Å². The summed E-state index contributed by atoms with van der Waals surface area (Å²) in [5.41, 5.74) is 9.17. The lowest BCUT2D eigenvalue weighted by Crippen LogP contribution is -2.40. The minimum Gasteiger partial charge on any atom is -0.492 e. The van der Waals surface area contributed by atoms with E-state index >= 15 is 0 Å². The molecule has 2 aliphatic heterocycles. The molecule has 29 heavy (non-hydrogen) atoms.